The number of rotatable bonds is 3. The summed E-state index contributed by atoms with van der Waals surface area (Å²) in [5.41, 5.74) is 7.62. The first-order chi connectivity index (χ1) is 9.72. The third kappa shape index (κ3) is 3.19. The molecule has 7 heteroatoms. The van der Waals surface area contributed by atoms with Crippen LogP contribution in [0.3, 0.4) is 0 Å². The van der Waals surface area contributed by atoms with Crippen LogP contribution in [-0.4, -0.2) is 38.9 Å². The van der Waals surface area contributed by atoms with E-state index < -0.39 is 10.0 Å². The largest absolute Gasteiger partial charge is 0.398 e. The lowest BCUT2D eigenvalue weighted by atomic mass is 10.1. The summed E-state index contributed by atoms with van der Waals surface area (Å²) in [6.45, 7) is 3.97. The van der Waals surface area contributed by atoms with Crippen molar-refractivity contribution in [1.29, 1.82) is 0 Å². The summed E-state index contributed by atoms with van der Waals surface area (Å²) in [5.74, 6) is 0.0386. The molecular formula is C14H21N3O3S. The number of hydrogen-bond acceptors (Lipinski definition) is 4. The number of sulfonamides is 1. The molecule has 0 radical (unpaired) electrons. The van der Waals surface area contributed by atoms with Crippen LogP contribution in [0, 0.1) is 13.8 Å². The molecule has 1 unspecified atom stereocenters. The summed E-state index contributed by atoms with van der Waals surface area (Å²) in [5, 5.41) is 0. The fourth-order valence-electron chi connectivity index (χ4n) is 2.55. The number of carbonyl (C=O) groups excluding carboxylic acids is 1. The first kappa shape index (κ1) is 15.8. The first-order valence-electron chi connectivity index (χ1n) is 6.84. The van der Waals surface area contributed by atoms with E-state index in [1.165, 1.54) is 0 Å². The number of hydrogen-bond donors (Lipinski definition) is 2. The lowest BCUT2D eigenvalue weighted by Gasteiger charge is -2.30. The number of anilines is 1. The molecule has 1 aliphatic rings. The minimum atomic E-state index is -3.70. The number of carbonyl (C=O) groups is 1. The van der Waals surface area contributed by atoms with Gasteiger partial charge >= 0.3 is 0 Å². The van der Waals surface area contributed by atoms with E-state index in [2.05, 4.69) is 4.72 Å². The number of piperidine rings is 1. The van der Waals surface area contributed by atoms with Crippen LogP contribution in [0.15, 0.2) is 17.0 Å². The summed E-state index contributed by atoms with van der Waals surface area (Å²) in [6, 6.07) is 3.13. The van der Waals surface area contributed by atoms with Crippen LogP contribution in [0.25, 0.3) is 0 Å². The highest BCUT2D eigenvalue weighted by molar-refractivity contribution is 7.89. The Balaban J connectivity index is 2.28. The number of nitrogens with one attached hydrogen (secondary N) is 1. The van der Waals surface area contributed by atoms with E-state index in [1.807, 2.05) is 6.92 Å². The van der Waals surface area contributed by atoms with Crippen LogP contribution in [0.1, 0.15) is 24.0 Å². The van der Waals surface area contributed by atoms with Crippen LogP contribution >= 0.6 is 0 Å². The molecule has 116 valence electrons. The zero-order valence-electron chi connectivity index (χ0n) is 12.5. The molecule has 0 bridgehead atoms. The van der Waals surface area contributed by atoms with Gasteiger partial charge in [0.15, 0.2) is 0 Å². The maximum atomic E-state index is 12.6. The summed E-state index contributed by atoms with van der Waals surface area (Å²) in [4.78, 5) is 13.1. The average molecular weight is 311 g/mol. The third-order valence-corrected chi connectivity index (χ3v) is 5.65. The van der Waals surface area contributed by atoms with Crippen molar-refractivity contribution in [3.63, 3.8) is 0 Å². The second-order valence-electron chi connectivity index (χ2n) is 5.56. The van der Waals surface area contributed by atoms with Crippen molar-refractivity contribution in [3.8, 4) is 0 Å². The van der Waals surface area contributed by atoms with Gasteiger partial charge in [-0.15, -0.1) is 0 Å². The van der Waals surface area contributed by atoms with E-state index in [0.717, 1.165) is 5.56 Å². The number of nitrogens with two attached hydrogens (primary N) is 1. The maximum Gasteiger partial charge on any atom is 0.243 e. The highest BCUT2D eigenvalue weighted by Gasteiger charge is 2.29. The monoisotopic (exact) mass is 311 g/mol. The minimum absolute atomic E-state index is 0.0386. The van der Waals surface area contributed by atoms with Crippen LogP contribution in [0.2, 0.25) is 0 Å². The highest BCUT2D eigenvalue weighted by Crippen LogP contribution is 2.26. The van der Waals surface area contributed by atoms with Gasteiger partial charge in [-0.05, 0) is 37.5 Å². The van der Waals surface area contributed by atoms with Gasteiger partial charge in [-0.2, -0.15) is 0 Å². The van der Waals surface area contributed by atoms with Gasteiger partial charge in [0.2, 0.25) is 15.9 Å². The van der Waals surface area contributed by atoms with Crippen LogP contribution in [-0.2, 0) is 14.8 Å². The van der Waals surface area contributed by atoms with Gasteiger partial charge < -0.3 is 10.6 Å². The number of likely N-dealkylation sites (N-methyl/N-ethyl adjacent to an activating group) is 1. The van der Waals surface area contributed by atoms with Crippen molar-refractivity contribution in [2.75, 3.05) is 19.3 Å². The topological polar surface area (TPSA) is 92.5 Å². The van der Waals surface area contributed by atoms with E-state index >= 15 is 0 Å². The SMILES string of the molecule is Cc1ccc(N)c(S(=O)(=O)NC2CCC(=O)N(C)C2)c1C. The molecule has 1 fully saturated rings. The maximum absolute atomic E-state index is 12.6. The zero-order valence-corrected chi connectivity index (χ0v) is 13.3. The smallest absolute Gasteiger partial charge is 0.243 e. The van der Waals surface area contributed by atoms with Gasteiger partial charge in [0.25, 0.3) is 0 Å². The number of likely N-dealkylation sites (tertiary alicyclic amines) is 1. The molecule has 0 aromatic heterocycles. The van der Waals surface area contributed by atoms with Gasteiger partial charge in [-0.3, -0.25) is 4.79 Å². The van der Waals surface area contributed by atoms with Gasteiger partial charge in [0, 0.05) is 26.1 Å². The minimum Gasteiger partial charge on any atom is -0.398 e. The Morgan fingerprint density at radius 2 is 2.00 bits per heavy atom. The predicted octanol–water partition coefficient (Wildman–Crippen LogP) is 0.785. The average Bonchev–Trinajstić information content (AvgIpc) is 2.38. The lowest BCUT2D eigenvalue weighted by Crippen LogP contribution is -2.48. The fourth-order valence-corrected chi connectivity index (χ4v) is 4.25. The molecule has 1 aromatic carbocycles. The number of amides is 1. The standard InChI is InChI=1S/C14H21N3O3S/c1-9-4-6-12(15)14(10(9)2)21(19,20)16-11-5-7-13(18)17(3)8-11/h4,6,11,16H,5,7-8,15H2,1-3H3. The normalized spacial score (nSPS) is 19.9. The first-order valence-corrected chi connectivity index (χ1v) is 8.32. The molecule has 6 nitrogen and oxygen atoms in total. The van der Waals surface area contributed by atoms with Crippen LogP contribution in [0.5, 0.6) is 0 Å². The Labute approximate surface area is 125 Å². The quantitative estimate of drug-likeness (QED) is 0.807. The van der Waals surface area contributed by atoms with E-state index in [0.29, 0.717) is 24.9 Å². The Kier molecular flexibility index (Phi) is 4.25. The molecule has 0 spiro atoms. The number of aryl methyl sites for hydroxylation is 1. The number of benzene rings is 1. The molecule has 1 aliphatic heterocycles. The molecule has 1 heterocycles. The van der Waals surface area contributed by atoms with E-state index in [1.54, 1.807) is 31.0 Å². The predicted molar refractivity (Wildman–Crippen MR) is 81.3 cm³/mol. The van der Waals surface area contributed by atoms with Gasteiger partial charge in [-0.25, -0.2) is 13.1 Å². The molecule has 0 saturated carbocycles. The zero-order chi connectivity index (χ0) is 15.8. The van der Waals surface area contributed by atoms with Crippen molar-refractivity contribution >= 4 is 21.6 Å². The molecule has 21 heavy (non-hydrogen) atoms. The lowest BCUT2D eigenvalue weighted by molar-refractivity contribution is -0.132. The van der Waals surface area contributed by atoms with Crippen molar-refractivity contribution in [2.24, 2.45) is 0 Å². The molecule has 3 N–H and O–H groups in total. The highest BCUT2D eigenvalue weighted by atomic mass is 32.2. The molecule has 1 amide bonds. The Bertz CT molecular complexity index is 670. The van der Waals surface area contributed by atoms with Gasteiger partial charge in [-0.1, -0.05) is 6.07 Å². The van der Waals surface area contributed by atoms with E-state index in [-0.39, 0.29) is 22.5 Å². The summed E-state index contributed by atoms with van der Waals surface area (Å²) in [6.07, 6.45) is 0.860. The van der Waals surface area contributed by atoms with E-state index in [4.69, 9.17) is 5.73 Å². The molecule has 1 saturated heterocycles. The molecule has 0 aliphatic carbocycles. The summed E-state index contributed by atoms with van der Waals surface area (Å²) < 4.78 is 27.8. The van der Waals surface area contributed by atoms with Crippen molar-refractivity contribution < 1.29 is 13.2 Å². The number of nitrogen functional groups attached to an aromatic ring is 1. The Morgan fingerprint density at radius 1 is 1.33 bits per heavy atom. The fraction of sp³-hybridized carbons (Fsp3) is 0.500. The van der Waals surface area contributed by atoms with Gasteiger partial charge in [0.1, 0.15) is 4.90 Å². The number of nitrogens with zero attached hydrogens (tertiary/aromatic N) is 1. The van der Waals surface area contributed by atoms with Crippen molar-refractivity contribution in [1.82, 2.24) is 9.62 Å². The molecule has 1 atom stereocenters. The Morgan fingerprint density at radius 3 is 2.62 bits per heavy atom. The van der Waals surface area contributed by atoms with E-state index in [9.17, 15) is 13.2 Å². The Hall–Kier alpha value is -1.60. The summed E-state index contributed by atoms with van der Waals surface area (Å²) >= 11 is 0. The second-order valence-corrected chi connectivity index (χ2v) is 7.21. The van der Waals surface area contributed by atoms with Crippen molar-refractivity contribution in [3.05, 3.63) is 23.3 Å². The molecule has 2 rings (SSSR count). The van der Waals surface area contributed by atoms with Crippen LogP contribution < -0.4 is 10.5 Å². The molecular weight excluding hydrogens is 290 g/mol. The van der Waals surface area contributed by atoms with Crippen molar-refractivity contribution in [2.45, 2.75) is 37.6 Å². The molecule has 1 aromatic rings. The van der Waals surface area contributed by atoms with Gasteiger partial charge in [0.05, 0.1) is 5.69 Å². The van der Waals surface area contributed by atoms with Crippen LogP contribution in [0.4, 0.5) is 5.69 Å². The third-order valence-electron chi connectivity index (χ3n) is 3.92. The summed E-state index contributed by atoms with van der Waals surface area (Å²) in [7, 11) is -2.02. The second kappa shape index (κ2) is 5.65.